The zero-order valence-corrected chi connectivity index (χ0v) is 14.6. The fourth-order valence-electron chi connectivity index (χ4n) is 1.84. The lowest BCUT2D eigenvalue weighted by Crippen LogP contribution is -2.29. The van der Waals surface area contributed by atoms with E-state index in [1.165, 1.54) is 11.0 Å². The molecule has 0 heterocycles. The number of nitrogens with zero attached hydrogens (tertiary/aromatic N) is 1. The smallest absolute Gasteiger partial charge is 0.253 e. The van der Waals surface area contributed by atoms with Gasteiger partial charge in [0.1, 0.15) is 0 Å². The number of ether oxygens (including phenoxy) is 1. The van der Waals surface area contributed by atoms with Gasteiger partial charge in [0, 0.05) is 37.3 Å². The van der Waals surface area contributed by atoms with E-state index in [0.29, 0.717) is 29.6 Å². The molecule has 0 atom stereocenters. The molecule has 2 N–H and O–H groups in total. The highest BCUT2D eigenvalue weighted by Gasteiger charge is 2.19. The minimum atomic E-state index is -3.88. The van der Waals surface area contributed by atoms with Crippen LogP contribution in [0.4, 0.5) is 0 Å². The minimum absolute atomic E-state index is 0.0504. The van der Waals surface area contributed by atoms with Gasteiger partial charge in [0.05, 0.1) is 4.90 Å². The van der Waals surface area contributed by atoms with Gasteiger partial charge in [0.15, 0.2) is 0 Å². The van der Waals surface area contributed by atoms with Crippen molar-refractivity contribution in [2.45, 2.75) is 18.2 Å². The SMILES string of the molecule is COCCCN(C)C(=O)c1cc(Br)c(C)c(S(N)(=O)=O)c1. The molecule has 0 aliphatic carbocycles. The third-order valence-electron chi connectivity index (χ3n) is 3.04. The van der Waals surface area contributed by atoms with Gasteiger partial charge in [0.25, 0.3) is 5.91 Å². The Kier molecular flexibility index (Phi) is 6.33. The normalized spacial score (nSPS) is 11.5. The number of nitrogens with two attached hydrogens (primary N) is 1. The van der Waals surface area contributed by atoms with Crippen molar-refractivity contribution in [2.24, 2.45) is 5.14 Å². The van der Waals surface area contributed by atoms with Crippen LogP contribution in [0.2, 0.25) is 0 Å². The Morgan fingerprint density at radius 2 is 2.05 bits per heavy atom. The Labute approximate surface area is 133 Å². The van der Waals surface area contributed by atoms with E-state index in [0.717, 1.165) is 0 Å². The maximum absolute atomic E-state index is 12.3. The van der Waals surface area contributed by atoms with Crippen LogP contribution in [-0.2, 0) is 14.8 Å². The summed E-state index contributed by atoms with van der Waals surface area (Å²) in [7, 11) is -0.630. The van der Waals surface area contributed by atoms with Gasteiger partial charge in [-0.05, 0) is 31.0 Å². The molecule has 21 heavy (non-hydrogen) atoms. The minimum Gasteiger partial charge on any atom is -0.385 e. The second-order valence-electron chi connectivity index (χ2n) is 4.70. The summed E-state index contributed by atoms with van der Waals surface area (Å²) in [6.07, 6.45) is 0.702. The molecule has 0 unspecified atom stereocenters. The summed E-state index contributed by atoms with van der Waals surface area (Å²) in [6.45, 7) is 2.70. The number of amides is 1. The molecular weight excluding hydrogens is 360 g/mol. The number of benzene rings is 1. The Bertz CT molecular complexity index is 631. The number of carbonyl (C=O) groups excluding carboxylic acids is 1. The molecule has 118 valence electrons. The van der Waals surface area contributed by atoms with E-state index in [4.69, 9.17) is 9.88 Å². The van der Waals surface area contributed by atoms with E-state index < -0.39 is 10.0 Å². The first-order chi connectivity index (χ1) is 9.68. The van der Waals surface area contributed by atoms with Gasteiger partial charge in [-0.3, -0.25) is 4.79 Å². The average Bonchev–Trinajstić information content (AvgIpc) is 2.39. The van der Waals surface area contributed by atoms with E-state index in [9.17, 15) is 13.2 Å². The molecule has 0 fully saturated rings. The zero-order chi connectivity index (χ0) is 16.2. The Balaban J connectivity index is 3.09. The van der Waals surface area contributed by atoms with Gasteiger partial charge in [-0.25, -0.2) is 13.6 Å². The van der Waals surface area contributed by atoms with Crippen molar-refractivity contribution in [2.75, 3.05) is 27.3 Å². The van der Waals surface area contributed by atoms with Gasteiger partial charge in [-0.1, -0.05) is 15.9 Å². The summed E-state index contributed by atoms with van der Waals surface area (Å²) in [6, 6.07) is 2.91. The highest BCUT2D eigenvalue weighted by atomic mass is 79.9. The molecule has 0 radical (unpaired) electrons. The summed E-state index contributed by atoms with van der Waals surface area (Å²) >= 11 is 3.26. The van der Waals surface area contributed by atoms with Crippen LogP contribution in [0, 0.1) is 6.92 Å². The molecule has 1 aromatic carbocycles. The fourth-order valence-corrected chi connectivity index (χ4v) is 3.26. The highest BCUT2D eigenvalue weighted by Crippen LogP contribution is 2.25. The van der Waals surface area contributed by atoms with Crippen LogP contribution in [-0.4, -0.2) is 46.5 Å². The van der Waals surface area contributed by atoms with Crippen molar-refractivity contribution < 1.29 is 17.9 Å². The lowest BCUT2D eigenvalue weighted by molar-refractivity contribution is 0.0779. The number of rotatable bonds is 6. The van der Waals surface area contributed by atoms with Crippen LogP contribution >= 0.6 is 15.9 Å². The molecule has 0 aliphatic rings. The first kappa shape index (κ1) is 18.1. The lowest BCUT2D eigenvalue weighted by atomic mass is 10.1. The van der Waals surface area contributed by atoms with E-state index in [2.05, 4.69) is 15.9 Å². The van der Waals surface area contributed by atoms with Crippen LogP contribution in [0.3, 0.4) is 0 Å². The van der Waals surface area contributed by atoms with Crippen molar-refractivity contribution in [1.29, 1.82) is 0 Å². The number of methoxy groups -OCH3 is 1. The molecule has 8 heteroatoms. The number of hydrogen-bond donors (Lipinski definition) is 1. The quantitative estimate of drug-likeness (QED) is 0.759. The van der Waals surface area contributed by atoms with Gasteiger partial charge >= 0.3 is 0 Å². The van der Waals surface area contributed by atoms with Crippen molar-refractivity contribution in [3.63, 3.8) is 0 Å². The first-order valence-electron chi connectivity index (χ1n) is 6.25. The van der Waals surface area contributed by atoms with Gasteiger partial charge in [-0.2, -0.15) is 0 Å². The first-order valence-corrected chi connectivity index (χ1v) is 8.59. The summed E-state index contributed by atoms with van der Waals surface area (Å²) in [5, 5.41) is 5.18. The average molecular weight is 379 g/mol. The molecule has 0 saturated heterocycles. The highest BCUT2D eigenvalue weighted by molar-refractivity contribution is 9.10. The number of carbonyl (C=O) groups is 1. The Morgan fingerprint density at radius 3 is 2.57 bits per heavy atom. The third kappa shape index (κ3) is 4.77. The topological polar surface area (TPSA) is 89.7 Å². The molecule has 0 aliphatic heterocycles. The van der Waals surface area contributed by atoms with Crippen molar-refractivity contribution in [3.05, 3.63) is 27.7 Å². The molecule has 0 spiro atoms. The van der Waals surface area contributed by atoms with Crippen LogP contribution in [0.15, 0.2) is 21.5 Å². The summed E-state index contributed by atoms with van der Waals surface area (Å²) in [5.74, 6) is -0.267. The lowest BCUT2D eigenvalue weighted by Gasteiger charge is -2.18. The van der Waals surface area contributed by atoms with Gasteiger partial charge in [0.2, 0.25) is 10.0 Å². The standard InChI is InChI=1S/C13H19BrN2O4S/c1-9-11(14)7-10(8-12(9)21(15,18)19)13(17)16(2)5-4-6-20-3/h7-8H,4-6H2,1-3H3,(H2,15,18,19). The number of hydrogen-bond acceptors (Lipinski definition) is 4. The number of sulfonamides is 1. The predicted octanol–water partition coefficient (Wildman–Crippen LogP) is 1.51. The molecule has 0 saturated carbocycles. The van der Waals surface area contributed by atoms with Crippen molar-refractivity contribution in [3.8, 4) is 0 Å². The summed E-state index contributed by atoms with van der Waals surface area (Å²) < 4.78 is 28.6. The van der Waals surface area contributed by atoms with Crippen molar-refractivity contribution >= 4 is 31.9 Å². The molecule has 0 aromatic heterocycles. The zero-order valence-electron chi connectivity index (χ0n) is 12.2. The molecule has 1 rings (SSSR count). The van der Waals surface area contributed by atoms with Crippen LogP contribution in [0.1, 0.15) is 22.3 Å². The van der Waals surface area contributed by atoms with E-state index in [-0.39, 0.29) is 16.4 Å². The van der Waals surface area contributed by atoms with Crippen LogP contribution in [0.25, 0.3) is 0 Å². The van der Waals surface area contributed by atoms with Crippen LogP contribution < -0.4 is 5.14 Å². The molecule has 1 aromatic rings. The number of halogens is 1. The monoisotopic (exact) mass is 378 g/mol. The van der Waals surface area contributed by atoms with Gasteiger partial charge < -0.3 is 9.64 Å². The number of primary sulfonamides is 1. The Hall–Kier alpha value is -0.960. The molecular formula is C13H19BrN2O4S. The maximum Gasteiger partial charge on any atom is 0.253 e. The van der Waals surface area contributed by atoms with E-state index in [1.54, 1.807) is 27.1 Å². The second kappa shape index (κ2) is 7.35. The maximum atomic E-state index is 12.3. The summed E-state index contributed by atoms with van der Waals surface area (Å²) in [5.41, 5.74) is 0.757. The Morgan fingerprint density at radius 1 is 1.43 bits per heavy atom. The molecule has 6 nitrogen and oxygen atoms in total. The van der Waals surface area contributed by atoms with E-state index in [1.807, 2.05) is 0 Å². The molecule has 1 amide bonds. The fraction of sp³-hybridized carbons (Fsp3) is 0.462. The van der Waals surface area contributed by atoms with Gasteiger partial charge in [-0.15, -0.1) is 0 Å². The predicted molar refractivity (Wildman–Crippen MR) is 83.7 cm³/mol. The largest absolute Gasteiger partial charge is 0.385 e. The summed E-state index contributed by atoms with van der Waals surface area (Å²) in [4.78, 5) is 13.8. The van der Waals surface area contributed by atoms with Crippen LogP contribution in [0.5, 0.6) is 0 Å². The van der Waals surface area contributed by atoms with Crippen molar-refractivity contribution in [1.82, 2.24) is 4.90 Å². The third-order valence-corrected chi connectivity index (χ3v) is 4.90. The molecule has 0 bridgehead atoms. The van der Waals surface area contributed by atoms with E-state index >= 15 is 0 Å². The second-order valence-corrected chi connectivity index (χ2v) is 7.08.